The highest BCUT2D eigenvalue weighted by Crippen LogP contribution is 2.11. The summed E-state index contributed by atoms with van der Waals surface area (Å²) in [4.78, 5) is 0. The van der Waals surface area contributed by atoms with Crippen LogP contribution < -0.4 is 5.32 Å². The molecule has 0 radical (unpaired) electrons. The lowest BCUT2D eigenvalue weighted by atomic mass is 10.1. The Kier molecular flexibility index (Phi) is 3.16. The molecule has 2 unspecified atom stereocenters. The molecule has 1 heterocycles. The van der Waals surface area contributed by atoms with Crippen molar-refractivity contribution in [1.82, 2.24) is 5.32 Å². The van der Waals surface area contributed by atoms with Crippen molar-refractivity contribution >= 4 is 0 Å². The zero-order valence-corrected chi connectivity index (χ0v) is 6.89. The van der Waals surface area contributed by atoms with Gasteiger partial charge in [-0.3, -0.25) is 5.32 Å². The molecule has 2 heteroatoms. The lowest BCUT2D eigenvalue weighted by Gasteiger charge is -2.28. The van der Waals surface area contributed by atoms with E-state index in [1.54, 1.807) is 0 Å². The Morgan fingerprint density at radius 2 is 2.40 bits per heavy atom. The van der Waals surface area contributed by atoms with E-state index in [2.05, 4.69) is 19.2 Å². The molecule has 0 spiro atoms. The molecule has 0 aromatic carbocycles. The molecule has 60 valence electrons. The Bertz CT molecular complexity index is 93.3. The van der Waals surface area contributed by atoms with Crippen LogP contribution in [0.5, 0.6) is 0 Å². The van der Waals surface area contributed by atoms with Gasteiger partial charge in [-0.1, -0.05) is 13.3 Å². The lowest BCUT2D eigenvalue weighted by Crippen LogP contribution is -2.40. The summed E-state index contributed by atoms with van der Waals surface area (Å²) in [6, 6.07) is 0. The minimum Gasteiger partial charge on any atom is -0.360 e. The summed E-state index contributed by atoms with van der Waals surface area (Å²) in [7, 11) is 0. The zero-order chi connectivity index (χ0) is 7.40. The van der Waals surface area contributed by atoms with Gasteiger partial charge in [0.15, 0.2) is 0 Å². The largest absolute Gasteiger partial charge is 0.360 e. The van der Waals surface area contributed by atoms with Crippen molar-refractivity contribution in [3.8, 4) is 0 Å². The normalized spacial score (nSPS) is 34.2. The number of nitrogens with one attached hydrogen (secondary N) is 1. The van der Waals surface area contributed by atoms with Crippen molar-refractivity contribution in [2.45, 2.75) is 45.4 Å². The maximum atomic E-state index is 5.62. The van der Waals surface area contributed by atoms with Crippen molar-refractivity contribution in [1.29, 1.82) is 0 Å². The molecule has 0 saturated carbocycles. The minimum atomic E-state index is 0.269. The molecule has 0 aromatic heterocycles. The standard InChI is InChI=1S/C8H17NO/c1-3-4-8-5-6-9-7(2)10-8/h7-9H,3-6H2,1-2H3. The third-order valence-electron chi connectivity index (χ3n) is 1.91. The summed E-state index contributed by atoms with van der Waals surface area (Å²) >= 11 is 0. The van der Waals surface area contributed by atoms with Gasteiger partial charge in [0.1, 0.15) is 6.23 Å². The van der Waals surface area contributed by atoms with E-state index in [0.717, 1.165) is 6.54 Å². The highest BCUT2D eigenvalue weighted by atomic mass is 16.5. The molecule has 1 fully saturated rings. The summed E-state index contributed by atoms with van der Waals surface area (Å²) in [6.45, 7) is 5.39. The van der Waals surface area contributed by atoms with Crippen LogP contribution in [-0.2, 0) is 4.74 Å². The quantitative estimate of drug-likeness (QED) is 0.632. The van der Waals surface area contributed by atoms with E-state index in [1.807, 2.05) is 0 Å². The van der Waals surface area contributed by atoms with Crippen LogP contribution in [0.2, 0.25) is 0 Å². The smallest absolute Gasteiger partial charge is 0.105 e. The third-order valence-corrected chi connectivity index (χ3v) is 1.91. The predicted octanol–water partition coefficient (Wildman–Crippen LogP) is 1.51. The molecule has 1 rings (SSSR count). The number of rotatable bonds is 2. The van der Waals surface area contributed by atoms with E-state index in [1.165, 1.54) is 19.3 Å². The second kappa shape index (κ2) is 3.94. The van der Waals surface area contributed by atoms with Crippen molar-refractivity contribution in [3.05, 3.63) is 0 Å². The molecule has 1 saturated heterocycles. The maximum Gasteiger partial charge on any atom is 0.105 e. The number of hydrogen-bond acceptors (Lipinski definition) is 2. The number of hydrogen-bond donors (Lipinski definition) is 1. The van der Waals surface area contributed by atoms with Crippen molar-refractivity contribution in [2.75, 3.05) is 6.54 Å². The first-order valence-electron chi connectivity index (χ1n) is 4.21. The van der Waals surface area contributed by atoms with Crippen LogP contribution in [0.4, 0.5) is 0 Å². The molecule has 1 N–H and O–H groups in total. The molecule has 0 amide bonds. The molecular weight excluding hydrogens is 126 g/mol. The highest BCUT2D eigenvalue weighted by Gasteiger charge is 2.16. The second-order valence-electron chi connectivity index (χ2n) is 2.93. The van der Waals surface area contributed by atoms with E-state index in [9.17, 15) is 0 Å². The van der Waals surface area contributed by atoms with E-state index in [0.29, 0.717) is 6.10 Å². The van der Waals surface area contributed by atoms with Gasteiger partial charge in [0.05, 0.1) is 6.10 Å². The fraction of sp³-hybridized carbons (Fsp3) is 1.00. The molecule has 0 bridgehead atoms. The highest BCUT2D eigenvalue weighted by molar-refractivity contribution is 4.66. The summed E-state index contributed by atoms with van der Waals surface area (Å²) in [5.74, 6) is 0. The van der Waals surface area contributed by atoms with Gasteiger partial charge in [0, 0.05) is 0 Å². The third kappa shape index (κ3) is 2.27. The van der Waals surface area contributed by atoms with Crippen LogP contribution >= 0.6 is 0 Å². The van der Waals surface area contributed by atoms with E-state index >= 15 is 0 Å². The molecular formula is C8H17NO. The SMILES string of the molecule is CCCC1CCNC(C)O1. The van der Waals surface area contributed by atoms with Crippen molar-refractivity contribution in [2.24, 2.45) is 0 Å². The van der Waals surface area contributed by atoms with Gasteiger partial charge in [-0.15, -0.1) is 0 Å². The average Bonchev–Trinajstić information content (AvgIpc) is 1.88. The molecule has 1 aliphatic heterocycles. The van der Waals surface area contributed by atoms with E-state index < -0.39 is 0 Å². The van der Waals surface area contributed by atoms with Crippen LogP contribution in [-0.4, -0.2) is 18.9 Å². The van der Waals surface area contributed by atoms with Crippen LogP contribution in [0.15, 0.2) is 0 Å². The molecule has 0 aliphatic carbocycles. The first-order chi connectivity index (χ1) is 4.83. The van der Waals surface area contributed by atoms with Crippen LogP contribution in [0.25, 0.3) is 0 Å². The Morgan fingerprint density at radius 1 is 1.60 bits per heavy atom. The first-order valence-corrected chi connectivity index (χ1v) is 4.21. The fourth-order valence-corrected chi connectivity index (χ4v) is 1.39. The minimum absolute atomic E-state index is 0.269. The predicted molar refractivity (Wildman–Crippen MR) is 41.9 cm³/mol. The molecule has 10 heavy (non-hydrogen) atoms. The van der Waals surface area contributed by atoms with Crippen molar-refractivity contribution < 1.29 is 4.74 Å². The fourth-order valence-electron chi connectivity index (χ4n) is 1.39. The van der Waals surface area contributed by atoms with Gasteiger partial charge in [-0.2, -0.15) is 0 Å². The Hall–Kier alpha value is -0.0800. The van der Waals surface area contributed by atoms with Gasteiger partial charge in [0.25, 0.3) is 0 Å². The Morgan fingerprint density at radius 3 is 3.00 bits per heavy atom. The summed E-state index contributed by atoms with van der Waals surface area (Å²) < 4.78 is 5.62. The molecule has 0 aromatic rings. The van der Waals surface area contributed by atoms with E-state index in [-0.39, 0.29) is 6.23 Å². The van der Waals surface area contributed by atoms with Crippen LogP contribution in [0.3, 0.4) is 0 Å². The van der Waals surface area contributed by atoms with Gasteiger partial charge in [0.2, 0.25) is 0 Å². The van der Waals surface area contributed by atoms with E-state index in [4.69, 9.17) is 4.74 Å². The van der Waals surface area contributed by atoms with Crippen molar-refractivity contribution in [3.63, 3.8) is 0 Å². The topological polar surface area (TPSA) is 21.3 Å². The Labute approximate surface area is 63.0 Å². The molecule has 1 aliphatic rings. The number of ether oxygens (including phenoxy) is 1. The van der Waals surface area contributed by atoms with Crippen LogP contribution in [0, 0.1) is 0 Å². The van der Waals surface area contributed by atoms with Gasteiger partial charge in [-0.05, 0) is 26.3 Å². The Balaban J connectivity index is 2.18. The maximum absolute atomic E-state index is 5.62. The summed E-state index contributed by atoms with van der Waals surface area (Å²) in [5.41, 5.74) is 0. The van der Waals surface area contributed by atoms with Crippen LogP contribution in [0.1, 0.15) is 33.1 Å². The lowest BCUT2D eigenvalue weighted by molar-refractivity contribution is -0.0542. The zero-order valence-electron chi connectivity index (χ0n) is 6.89. The molecule has 2 atom stereocenters. The summed E-state index contributed by atoms with van der Waals surface area (Å²) in [6.07, 6.45) is 4.41. The van der Waals surface area contributed by atoms with Gasteiger partial charge in [-0.25, -0.2) is 0 Å². The monoisotopic (exact) mass is 143 g/mol. The van der Waals surface area contributed by atoms with Gasteiger partial charge < -0.3 is 4.74 Å². The second-order valence-corrected chi connectivity index (χ2v) is 2.93. The molecule has 2 nitrogen and oxygen atoms in total. The van der Waals surface area contributed by atoms with Gasteiger partial charge >= 0.3 is 0 Å². The average molecular weight is 143 g/mol. The first kappa shape index (κ1) is 8.02. The summed E-state index contributed by atoms with van der Waals surface area (Å²) in [5, 5.41) is 3.25.